The highest BCUT2D eigenvalue weighted by atomic mass is 19.4. The van der Waals surface area contributed by atoms with Crippen molar-refractivity contribution >= 4 is 0 Å². The highest BCUT2D eigenvalue weighted by molar-refractivity contribution is 5.31. The van der Waals surface area contributed by atoms with Gasteiger partial charge in [0, 0.05) is 19.1 Å². The molecule has 0 aliphatic rings. The Bertz CT molecular complexity index is 349. The summed E-state index contributed by atoms with van der Waals surface area (Å²) in [6, 6.07) is 1.99. The summed E-state index contributed by atoms with van der Waals surface area (Å²) in [5, 5.41) is 8.45. The first kappa shape index (κ1) is 12.8. The molecule has 6 heteroatoms. The molecule has 1 N–H and O–H groups in total. The van der Waals surface area contributed by atoms with Crippen LogP contribution < -0.4 is 4.74 Å². The zero-order valence-electron chi connectivity index (χ0n) is 8.22. The van der Waals surface area contributed by atoms with Crippen LogP contribution in [0.4, 0.5) is 17.6 Å². The average molecular weight is 238 g/mol. The lowest BCUT2D eigenvalue weighted by molar-refractivity contribution is -0.137. The Morgan fingerprint density at radius 1 is 1.19 bits per heavy atom. The van der Waals surface area contributed by atoms with Gasteiger partial charge in [-0.1, -0.05) is 0 Å². The van der Waals surface area contributed by atoms with Crippen molar-refractivity contribution in [1.29, 1.82) is 0 Å². The molecule has 0 amide bonds. The fourth-order valence-electron chi connectivity index (χ4n) is 1.06. The van der Waals surface area contributed by atoms with Gasteiger partial charge in [0.1, 0.15) is 11.6 Å². The maximum Gasteiger partial charge on any atom is 0.416 e. The molecule has 0 heterocycles. The number of rotatable bonds is 4. The fourth-order valence-corrected chi connectivity index (χ4v) is 1.06. The van der Waals surface area contributed by atoms with Crippen molar-refractivity contribution in [3.8, 4) is 5.75 Å². The van der Waals surface area contributed by atoms with E-state index in [1.54, 1.807) is 0 Å². The van der Waals surface area contributed by atoms with E-state index in [4.69, 9.17) is 9.84 Å². The third kappa shape index (κ3) is 3.69. The average Bonchev–Trinajstić information content (AvgIpc) is 2.16. The summed E-state index contributed by atoms with van der Waals surface area (Å²) in [5.41, 5.74) is -1.09. The van der Waals surface area contributed by atoms with E-state index >= 15 is 0 Å². The van der Waals surface area contributed by atoms with Gasteiger partial charge in [-0.05, 0) is 12.1 Å². The number of benzene rings is 1. The Hall–Kier alpha value is -1.30. The monoisotopic (exact) mass is 238 g/mol. The number of aliphatic hydroxyl groups excluding tert-OH is 1. The van der Waals surface area contributed by atoms with Crippen molar-refractivity contribution in [1.82, 2.24) is 0 Å². The molecule has 1 rings (SSSR count). The summed E-state index contributed by atoms with van der Waals surface area (Å²) in [7, 11) is 0. The van der Waals surface area contributed by atoms with Crippen LogP contribution in [-0.2, 0) is 6.18 Å². The molecule has 0 saturated carbocycles. The minimum atomic E-state index is -4.60. The first-order valence-corrected chi connectivity index (χ1v) is 4.55. The SMILES string of the molecule is OCCCOc1cc(F)cc(C(F)(F)F)c1. The molecule has 90 valence electrons. The number of ether oxygens (including phenoxy) is 1. The molecule has 0 aromatic heterocycles. The molecule has 0 aliphatic heterocycles. The van der Waals surface area contributed by atoms with Gasteiger partial charge in [0.05, 0.1) is 12.2 Å². The second-order valence-corrected chi connectivity index (χ2v) is 3.10. The van der Waals surface area contributed by atoms with Gasteiger partial charge in [-0.15, -0.1) is 0 Å². The van der Waals surface area contributed by atoms with Crippen LogP contribution in [-0.4, -0.2) is 18.3 Å². The molecule has 16 heavy (non-hydrogen) atoms. The lowest BCUT2D eigenvalue weighted by Crippen LogP contribution is -2.07. The molecule has 1 aromatic rings. The van der Waals surface area contributed by atoms with Crippen molar-refractivity contribution in [3.63, 3.8) is 0 Å². The van der Waals surface area contributed by atoms with Crippen molar-refractivity contribution in [2.24, 2.45) is 0 Å². The third-order valence-electron chi connectivity index (χ3n) is 1.77. The zero-order chi connectivity index (χ0) is 12.2. The Morgan fingerprint density at radius 2 is 1.88 bits per heavy atom. The quantitative estimate of drug-likeness (QED) is 0.645. The second kappa shape index (κ2) is 5.16. The van der Waals surface area contributed by atoms with Crippen LogP contribution in [0.5, 0.6) is 5.75 Å². The van der Waals surface area contributed by atoms with Crippen LogP contribution in [0.2, 0.25) is 0 Å². The molecule has 0 atom stereocenters. The van der Waals surface area contributed by atoms with E-state index in [9.17, 15) is 17.6 Å². The number of alkyl halides is 3. The maximum atomic E-state index is 12.8. The van der Waals surface area contributed by atoms with Gasteiger partial charge in [-0.3, -0.25) is 0 Å². The molecular formula is C10H10F4O2. The number of hydrogen-bond acceptors (Lipinski definition) is 2. The third-order valence-corrected chi connectivity index (χ3v) is 1.77. The molecule has 0 unspecified atom stereocenters. The molecule has 0 saturated heterocycles. The first-order chi connectivity index (χ1) is 7.43. The summed E-state index contributed by atoms with van der Waals surface area (Å²) in [6.07, 6.45) is -4.32. The van der Waals surface area contributed by atoms with Crippen LogP contribution in [0.15, 0.2) is 18.2 Å². The van der Waals surface area contributed by atoms with Gasteiger partial charge in [-0.2, -0.15) is 13.2 Å². The van der Waals surface area contributed by atoms with E-state index in [2.05, 4.69) is 0 Å². The highest BCUT2D eigenvalue weighted by Gasteiger charge is 2.31. The molecular weight excluding hydrogens is 228 g/mol. The lowest BCUT2D eigenvalue weighted by Gasteiger charge is -2.10. The van der Waals surface area contributed by atoms with Crippen LogP contribution >= 0.6 is 0 Å². The predicted molar refractivity (Wildman–Crippen MR) is 48.6 cm³/mol. The summed E-state index contributed by atoms with van der Waals surface area (Å²) in [5.74, 6) is -1.20. The van der Waals surface area contributed by atoms with E-state index in [0.29, 0.717) is 6.07 Å². The maximum absolute atomic E-state index is 12.8. The van der Waals surface area contributed by atoms with E-state index in [1.165, 1.54) is 0 Å². The molecule has 0 radical (unpaired) electrons. The van der Waals surface area contributed by atoms with Crippen LogP contribution in [0.1, 0.15) is 12.0 Å². The Balaban J connectivity index is 2.82. The van der Waals surface area contributed by atoms with Crippen molar-refractivity contribution in [2.45, 2.75) is 12.6 Å². The van der Waals surface area contributed by atoms with Crippen molar-refractivity contribution in [2.75, 3.05) is 13.2 Å². The van der Waals surface area contributed by atoms with Gasteiger partial charge in [-0.25, -0.2) is 4.39 Å². The van der Waals surface area contributed by atoms with Gasteiger partial charge >= 0.3 is 6.18 Å². The highest BCUT2D eigenvalue weighted by Crippen LogP contribution is 2.32. The molecule has 0 aliphatic carbocycles. The number of halogens is 4. The fraction of sp³-hybridized carbons (Fsp3) is 0.400. The standard InChI is InChI=1S/C10H10F4O2/c11-8-4-7(10(12,13)14)5-9(6-8)16-3-1-2-15/h4-6,15H,1-3H2. The minimum absolute atomic E-state index is 0.0389. The normalized spacial score (nSPS) is 11.6. The number of hydrogen-bond donors (Lipinski definition) is 1. The van der Waals surface area contributed by atoms with E-state index in [1.807, 2.05) is 0 Å². The van der Waals surface area contributed by atoms with Crippen LogP contribution in [0.25, 0.3) is 0 Å². The second-order valence-electron chi connectivity index (χ2n) is 3.10. The summed E-state index contributed by atoms with van der Waals surface area (Å²) >= 11 is 0. The summed E-state index contributed by atoms with van der Waals surface area (Å²) in [6.45, 7) is -0.0985. The van der Waals surface area contributed by atoms with Crippen molar-refractivity contribution in [3.05, 3.63) is 29.6 Å². The molecule has 2 nitrogen and oxygen atoms in total. The Kier molecular flexibility index (Phi) is 4.12. The van der Waals surface area contributed by atoms with E-state index in [-0.39, 0.29) is 25.4 Å². The van der Waals surface area contributed by atoms with E-state index in [0.717, 1.165) is 12.1 Å². The lowest BCUT2D eigenvalue weighted by atomic mass is 10.2. The van der Waals surface area contributed by atoms with Crippen molar-refractivity contribution < 1.29 is 27.4 Å². The Labute approximate surface area is 89.5 Å². The molecule has 1 aromatic carbocycles. The molecule has 0 spiro atoms. The van der Waals surface area contributed by atoms with Gasteiger partial charge in [0.25, 0.3) is 0 Å². The molecule has 0 bridgehead atoms. The topological polar surface area (TPSA) is 29.5 Å². The Morgan fingerprint density at radius 3 is 2.44 bits per heavy atom. The predicted octanol–water partition coefficient (Wildman–Crippen LogP) is 2.61. The largest absolute Gasteiger partial charge is 0.493 e. The first-order valence-electron chi connectivity index (χ1n) is 4.55. The number of aliphatic hydroxyl groups is 1. The minimum Gasteiger partial charge on any atom is -0.493 e. The summed E-state index contributed by atoms with van der Waals surface area (Å²) in [4.78, 5) is 0. The van der Waals surface area contributed by atoms with Gasteiger partial charge in [0.2, 0.25) is 0 Å². The van der Waals surface area contributed by atoms with Gasteiger partial charge < -0.3 is 9.84 Å². The van der Waals surface area contributed by atoms with Crippen LogP contribution in [0, 0.1) is 5.82 Å². The summed E-state index contributed by atoms with van der Waals surface area (Å²) < 4.78 is 54.5. The molecule has 0 fully saturated rings. The smallest absolute Gasteiger partial charge is 0.416 e. The zero-order valence-corrected chi connectivity index (χ0v) is 8.22. The van der Waals surface area contributed by atoms with Gasteiger partial charge in [0.15, 0.2) is 0 Å². The van der Waals surface area contributed by atoms with E-state index < -0.39 is 17.6 Å². The van der Waals surface area contributed by atoms with Crippen LogP contribution in [0.3, 0.4) is 0 Å².